The van der Waals surface area contributed by atoms with E-state index < -0.39 is 29.7 Å². The number of carbonyl (C=O) groups excluding carboxylic acids is 1. The first kappa shape index (κ1) is 13.2. The average molecular weight is 239 g/mol. The number of halogens is 1. The molecule has 0 aromatic heterocycles. The number of amides is 1. The van der Waals surface area contributed by atoms with E-state index in [0.29, 0.717) is 0 Å². The van der Waals surface area contributed by atoms with Crippen molar-refractivity contribution in [3.05, 3.63) is 35.6 Å². The van der Waals surface area contributed by atoms with E-state index in [1.807, 2.05) is 0 Å². The average Bonchev–Trinajstić information content (AvgIpc) is 2.26. The van der Waals surface area contributed by atoms with Gasteiger partial charge in [-0.3, -0.25) is 9.59 Å². The van der Waals surface area contributed by atoms with Crippen molar-refractivity contribution in [2.24, 2.45) is 0 Å². The molecule has 1 aromatic rings. The first-order valence-corrected chi connectivity index (χ1v) is 5.11. The Morgan fingerprint density at radius 3 is 2.47 bits per heavy atom. The molecular weight excluding hydrogens is 225 g/mol. The Morgan fingerprint density at radius 1 is 1.35 bits per heavy atom. The van der Waals surface area contributed by atoms with Crippen molar-refractivity contribution in [1.82, 2.24) is 5.32 Å². The lowest BCUT2D eigenvalue weighted by molar-refractivity contribution is -0.138. The smallest absolute Gasteiger partial charge is 0.322 e. The zero-order valence-electron chi connectivity index (χ0n) is 9.66. The Bertz CT molecular complexity index is 443. The number of hydrogen-bond donors (Lipinski definition) is 2. The lowest BCUT2D eigenvalue weighted by Crippen LogP contribution is -2.42. The zero-order chi connectivity index (χ0) is 13.1. The maximum absolute atomic E-state index is 13.5. The highest BCUT2D eigenvalue weighted by atomic mass is 19.1. The highest BCUT2D eigenvalue weighted by Crippen LogP contribution is 2.25. The number of benzene rings is 1. The largest absolute Gasteiger partial charge is 0.480 e. The molecule has 0 heterocycles. The van der Waals surface area contributed by atoms with Crippen LogP contribution >= 0.6 is 0 Å². The predicted octanol–water partition coefficient (Wildman–Crippen LogP) is 1.30. The summed E-state index contributed by atoms with van der Waals surface area (Å²) in [4.78, 5) is 22.1. The van der Waals surface area contributed by atoms with Gasteiger partial charge in [0.05, 0.1) is 5.41 Å². The van der Waals surface area contributed by atoms with Crippen LogP contribution in [0.15, 0.2) is 24.3 Å². The molecule has 0 bridgehead atoms. The van der Waals surface area contributed by atoms with Crippen LogP contribution in [0.2, 0.25) is 0 Å². The van der Waals surface area contributed by atoms with Crippen LogP contribution in [0, 0.1) is 5.82 Å². The van der Waals surface area contributed by atoms with Gasteiger partial charge >= 0.3 is 5.97 Å². The van der Waals surface area contributed by atoms with Gasteiger partial charge < -0.3 is 10.4 Å². The highest BCUT2D eigenvalue weighted by molar-refractivity contribution is 5.89. The summed E-state index contributed by atoms with van der Waals surface area (Å²) < 4.78 is 13.5. The summed E-state index contributed by atoms with van der Waals surface area (Å²) >= 11 is 0. The molecule has 17 heavy (non-hydrogen) atoms. The minimum absolute atomic E-state index is 0.239. The number of carboxylic acids is 1. The standard InChI is InChI=1S/C12H14FNO3/c1-12(2,11(17)14-7-10(15)16)8-5-3-4-6-9(8)13/h3-6H,7H2,1-2H3,(H,14,17)(H,15,16). The second-order valence-electron chi connectivity index (χ2n) is 4.18. The summed E-state index contributed by atoms with van der Waals surface area (Å²) in [5.74, 6) is -2.14. The van der Waals surface area contributed by atoms with Gasteiger partial charge in [0, 0.05) is 5.56 Å². The zero-order valence-corrected chi connectivity index (χ0v) is 9.66. The van der Waals surface area contributed by atoms with E-state index in [2.05, 4.69) is 5.32 Å². The monoisotopic (exact) mass is 239 g/mol. The number of aliphatic carboxylic acids is 1. The van der Waals surface area contributed by atoms with Crippen LogP contribution in [0.25, 0.3) is 0 Å². The molecule has 0 spiro atoms. The Kier molecular flexibility index (Phi) is 3.83. The van der Waals surface area contributed by atoms with E-state index in [4.69, 9.17) is 5.11 Å². The van der Waals surface area contributed by atoms with Crippen LogP contribution in [0.1, 0.15) is 19.4 Å². The quantitative estimate of drug-likeness (QED) is 0.832. The lowest BCUT2D eigenvalue weighted by Gasteiger charge is -2.24. The van der Waals surface area contributed by atoms with Crippen LogP contribution in [0.3, 0.4) is 0 Å². The van der Waals surface area contributed by atoms with Gasteiger partial charge in [0.15, 0.2) is 0 Å². The summed E-state index contributed by atoms with van der Waals surface area (Å²) in [7, 11) is 0. The summed E-state index contributed by atoms with van der Waals surface area (Å²) in [6.07, 6.45) is 0. The van der Waals surface area contributed by atoms with E-state index >= 15 is 0 Å². The number of nitrogens with one attached hydrogen (secondary N) is 1. The second-order valence-corrected chi connectivity index (χ2v) is 4.18. The molecule has 0 unspecified atom stereocenters. The van der Waals surface area contributed by atoms with Crippen molar-refractivity contribution < 1.29 is 19.1 Å². The second kappa shape index (κ2) is 4.95. The molecule has 0 saturated carbocycles. The van der Waals surface area contributed by atoms with E-state index in [0.717, 1.165) is 0 Å². The molecule has 0 saturated heterocycles. The molecule has 1 rings (SSSR count). The molecule has 0 aliphatic heterocycles. The Labute approximate surface area is 98.5 Å². The fourth-order valence-electron chi connectivity index (χ4n) is 1.47. The third-order valence-corrected chi connectivity index (χ3v) is 2.52. The van der Waals surface area contributed by atoms with Gasteiger partial charge in [-0.2, -0.15) is 0 Å². The summed E-state index contributed by atoms with van der Waals surface area (Å²) in [5, 5.41) is 10.7. The molecule has 5 heteroatoms. The first-order chi connectivity index (χ1) is 7.85. The Balaban J connectivity index is 2.91. The Hall–Kier alpha value is -1.91. The van der Waals surface area contributed by atoms with Crippen molar-refractivity contribution in [2.45, 2.75) is 19.3 Å². The maximum atomic E-state index is 13.5. The van der Waals surface area contributed by atoms with E-state index in [9.17, 15) is 14.0 Å². The molecule has 4 nitrogen and oxygen atoms in total. The fraction of sp³-hybridized carbons (Fsp3) is 0.333. The number of hydrogen-bond acceptors (Lipinski definition) is 2. The van der Waals surface area contributed by atoms with Gasteiger partial charge in [0.2, 0.25) is 5.91 Å². The molecular formula is C12H14FNO3. The summed E-state index contributed by atoms with van der Waals surface area (Å²) in [5.41, 5.74) is -0.872. The predicted molar refractivity (Wildman–Crippen MR) is 60.1 cm³/mol. The third-order valence-electron chi connectivity index (χ3n) is 2.52. The van der Waals surface area contributed by atoms with Crippen LogP contribution in [0.4, 0.5) is 4.39 Å². The molecule has 0 atom stereocenters. The molecule has 1 aromatic carbocycles. The van der Waals surface area contributed by atoms with E-state index in [1.165, 1.54) is 18.2 Å². The van der Waals surface area contributed by atoms with Crippen molar-refractivity contribution in [2.75, 3.05) is 6.54 Å². The molecule has 0 aliphatic carbocycles. The Morgan fingerprint density at radius 2 is 1.94 bits per heavy atom. The van der Waals surface area contributed by atoms with Crippen molar-refractivity contribution in [1.29, 1.82) is 0 Å². The van der Waals surface area contributed by atoms with Crippen LogP contribution in [-0.4, -0.2) is 23.5 Å². The molecule has 0 fully saturated rings. The van der Waals surface area contributed by atoms with E-state index in [1.54, 1.807) is 19.9 Å². The van der Waals surface area contributed by atoms with Gasteiger partial charge in [-0.1, -0.05) is 18.2 Å². The van der Waals surface area contributed by atoms with Gasteiger partial charge in [0.1, 0.15) is 12.4 Å². The van der Waals surface area contributed by atoms with Crippen LogP contribution in [0.5, 0.6) is 0 Å². The van der Waals surface area contributed by atoms with Crippen LogP contribution < -0.4 is 5.32 Å². The van der Waals surface area contributed by atoms with E-state index in [-0.39, 0.29) is 5.56 Å². The molecule has 0 aliphatic rings. The van der Waals surface area contributed by atoms with Crippen LogP contribution in [-0.2, 0) is 15.0 Å². The number of carboxylic acid groups (broad SMARTS) is 1. The number of carbonyl (C=O) groups is 2. The molecule has 1 amide bonds. The van der Waals surface area contributed by atoms with Gasteiger partial charge in [-0.05, 0) is 19.9 Å². The summed E-state index contributed by atoms with van der Waals surface area (Å²) in [6.45, 7) is 2.61. The van der Waals surface area contributed by atoms with Gasteiger partial charge in [-0.15, -0.1) is 0 Å². The van der Waals surface area contributed by atoms with Crippen molar-refractivity contribution in [3.8, 4) is 0 Å². The first-order valence-electron chi connectivity index (χ1n) is 5.11. The molecule has 2 N–H and O–H groups in total. The number of rotatable bonds is 4. The summed E-state index contributed by atoms with van der Waals surface area (Å²) in [6, 6.07) is 5.94. The minimum atomic E-state index is -1.14. The maximum Gasteiger partial charge on any atom is 0.322 e. The lowest BCUT2D eigenvalue weighted by atomic mass is 9.83. The minimum Gasteiger partial charge on any atom is -0.480 e. The van der Waals surface area contributed by atoms with Crippen molar-refractivity contribution in [3.63, 3.8) is 0 Å². The molecule has 0 radical (unpaired) electrons. The van der Waals surface area contributed by atoms with Gasteiger partial charge in [0.25, 0.3) is 0 Å². The molecule has 92 valence electrons. The van der Waals surface area contributed by atoms with Crippen molar-refractivity contribution >= 4 is 11.9 Å². The third kappa shape index (κ3) is 3.03. The van der Waals surface area contributed by atoms with Gasteiger partial charge in [-0.25, -0.2) is 4.39 Å². The fourth-order valence-corrected chi connectivity index (χ4v) is 1.47. The SMILES string of the molecule is CC(C)(C(=O)NCC(=O)O)c1ccccc1F. The highest BCUT2D eigenvalue weighted by Gasteiger charge is 2.32. The normalized spacial score (nSPS) is 11.0. The topological polar surface area (TPSA) is 66.4 Å².